The maximum Gasteiger partial charge on any atom is 0.240 e. The second-order valence-electron chi connectivity index (χ2n) is 3.33. The lowest BCUT2D eigenvalue weighted by Gasteiger charge is -1.95. The van der Waals surface area contributed by atoms with Gasteiger partial charge in [-0.05, 0) is 24.1 Å². The number of carbonyl (C=O) groups excluding carboxylic acids is 2. The van der Waals surface area contributed by atoms with Crippen LogP contribution in [0.4, 0.5) is 5.69 Å². The number of hydrogen-bond donors (Lipinski definition) is 0. The van der Waals surface area contributed by atoms with Crippen LogP contribution in [0, 0.1) is 0 Å². The van der Waals surface area contributed by atoms with E-state index in [2.05, 4.69) is 4.99 Å². The largest absolute Gasteiger partial charge is 0.288 e. The van der Waals surface area contributed by atoms with Crippen LogP contribution in [0.2, 0.25) is 0 Å². The second-order valence-corrected chi connectivity index (χ2v) is 4.60. The van der Waals surface area contributed by atoms with Gasteiger partial charge in [-0.15, -0.1) is 0 Å². The van der Waals surface area contributed by atoms with E-state index in [0.29, 0.717) is 5.69 Å². The first-order valence-electron chi connectivity index (χ1n) is 5.20. The first kappa shape index (κ1) is 13.4. The summed E-state index contributed by atoms with van der Waals surface area (Å²) >= 11 is 1.32. The van der Waals surface area contributed by atoms with Crippen LogP contribution in [-0.4, -0.2) is 16.9 Å². The van der Waals surface area contributed by atoms with Crippen molar-refractivity contribution in [2.75, 3.05) is 5.75 Å². The Hall–Kier alpha value is -1.64. The minimum absolute atomic E-state index is 0.140. The maximum atomic E-state index is 10.7. The van der Waals surface area contributed by atoms with Crippen LogP contribution in [0.1, 0.15) is 18.9 Å². The van der Waals surface area contributed by atoms with Gasteiger partial charge in [0.15, 0.2) is 5.12 Å². The number of allylic oxidation sites excluding steroid dienone is 1. The molecule has 3 nitrogen and oxygen atoms in total. The molecule has 0 aliphatic carbocycles. The van der Waals surface area contributed by atoms with Crippen molar-refractivity contribution in [3.8, 4) is 0 Å². The second kappa shape index (κ2) is 7.60. The number of carbonyl (C=O) groups is 1. The number of aliphatic imine (C=N–C) groups is 1. The molecule has 0 amide bonds. The van der Waals surface area contributed by atoms with Crippen molar-refractivity contribution in [3.63, 3.8) is 0 Å². The van der Waals surface area contributed by atoms with Crippen molar-refractivity contribution >= 4 is 34.7 Å². The van der Waals surface area contributed by atoms with Crippen molar-refractivity contribution in [2.24, 2.45) is 4.99 Å². The molecule has 88 valence electrons. The molecule has 0 aliphatic rings. The van der Waals surface area contributed by atoms with Crippen molar-refractivity contribution in [2.45, 2.75) is 13.3 Å². The molecule has 0 saturated carbocycles. The monoisotopic (exact) mass is 247 g/mol. The van der Waals surface area contributed by atoms with E-state index >= 15 is 0 Å². The quantitative estimate of drug-likeness (QED) is 0.455. The molecular formula is C13H13NO2S. The SMILES string of the molecule is CC(=O)SCCC=Cc1cccc(N=C=O)c1. The third-order valence-corrected chi connectivity index (χ3v) is 2.79. The summed E-state index contributed by atoms with van der Waals surface area (Å²) in [6.45, 7) is 1.56. The van der Waals surface area contributed by atoms with E-state index in [9.17, 15) is 9.59 Å². The Labute approximate surface area is 105 Å². The predicted octanol–water partition coefficient (Wildman–Crippen LogP) is 3.34. The van der Waals surface area contributed by atoms with Gasteiger partial charge in [-0.1, -0.05) is 36.0 Å². The van der Waals surface area contributed by atoms with Gasteiger partial charge in [-0.25, -0.2) is 4.79 Å². The maximum absolute atomic E-state index is 10.7. The average molecular weight is 247 g/mol. The zero-order valence-electron chi connectivity index (χ0n) is 9.55. The summed E-state index contributed by atoms with van der Waals surface area (Å²) in [5, 5.41) is 0.140. The topological polar surface area (TPSA) is 46.5 Å². The number of hydrogen-bond acceptors (Lipinski definition) is 4. The molecule has 0 radical (unpaired) electrons. The van der Waals surface area contributed by atoms with Gasteiger partial charge in [0.05, 0.1) is 5.69 Å². The van der Waals surface area contributed by atoms with E-state index < -0.39 is 0 Å². The molecule has 17 heavy (non-hydrogen) atoms. The molecule has 0 saturated heterocycles. The Morgan fingerprint density at radius 2 is 2.35 bits per heavy atom. The Balaban J connectivity index is 2.50. The van der Waals surface area contributed by atoms with Gasteiger partial charge in [-0.3, -0.25) is 4.79 Å². The molecule has 0 spiro atoms. The lowest BCUT2D eigenvalue weighted by atomic mass is 10.2. The number of thioether (sulfide) groups is 1. The van der Waals surface area contributed by atoms with E-state index in [1.807, 2.05) is 24.3 Å². The van der Waals surface area contributed by atoms with Crippen LogP contribution in [0.3, 0.4) is 0 Å². The summed E-state index contributed by atoms with van der Waals surface area (Å²) in [4.78, 5) is 24.3. The van der Waals surface area contributed by atoms with Crippen molar-refractivity contribution in [3.05, 3.63) is 35.9 Å². The lowest BCUT2D eigenvalue weighted by Crippen LogP contribution is -1.83. The first-order chi connectivity index (χ1) is 8.22. The van der Waals surface area contributed by atoms with Gasteiger partial charge in [0.25, 0.3) is 0 Å². The number of benzene rings is 1. The fourth-order valence-corrected chi connectivity index (χ4v) is 1.78. The third-order valence-electron chi connectivity index (χ3n) is 1.95. The summed E-state index contributed by atoms with van der Waals surface area (Å²) in [6.07, 6.45) is 6.30. The smallest absolute Gasteiger partial charge is 0.240 e. The standard InChI is InChI=1S/C13H13NO2S/c1-11(16)17-8-3-2-5-12-6-4-7-13(9-12)14-10-15/h2,4-7,9H,3,8H2,1H3. The van der Waals surface area contributed by atoms with Gasteiger partial charge >= 0.3 is 0 Å². The van der Waals surface area contributed by atoms with Gasteiger partial charge in [-0.2, -0.15) is 4.99 Å². The molecule has 0 aliphatic heterocycles. The predicted molar refractivity (Wildman–Crippen MR) is 71.0 cm³/mol. The molecular weight excluding hydrogens is 234 g/mol. The van der Waals surface area contributed by atoms with E-state index in [4.69, 9.17) is 0 Å². The zero-order chi connectivity index (χ0) is 12.5. The summed E-state index contributed by atoms with van der Waals surface area (Å²) in [7, 11) is 0. The van der Waals surface area contributed by atoms with Crippen LogP contribution in [-0.2, 0) is 9.59 Å². The van der Waals surface area contributed by atoms with E-state index in [-0.39, 0.29) is 5.12 Å². The number of nitrogens with zero attached hydrogens (tertiary/aromatic N) is 1. The molecule has 4 heteroatoms. The third kappa shape index (κ3) is 5.85. The van der Waals surface area contributed by atoms with Gasteiger partial charge in [0.2, 0.25) is 6.08 Å². The van der Waals surface area contributed by atoms with Gasteiger partial charge < -0.3 is 0 Å². The minimum Gasteiger partial charge on any atom is -0.288 e. The first-order valence-corrected chi connectivity index (χ1v) is 6.19. The Kier molecular flexibility index (Phi) is 6.00. The molecule has 0 fully saturated rings. The fraction of sp³-hybridized carbons (Fsp3) is 0.231. The molecule has 1 aromatic rings. The normalized spacial score (nSPS) is 10.2. The van der Waals surface area contributed by atoms with Gasteiger partial charge in [0.1, 0.15) is 0 Å². The summed E-state index contributed by atoms with van der Waals surface area (Å²) in [6, 6.07) is 7.31. The molecule has 0 aromatic heterocycles. The zero-order valence-corrected chi connectivity index (χ0v) is 10.4. The van der Waals surface area contributed by atoms with Crippen LogP contribution < -0.4 is 0 Å². The highest BCUT2D eigenvalue weighted by Crippen LogP contribution is 2.14. The van der Waals surface area contributed by atoms with Crippen LogP contribution in [0.15, 0.2) is 35.3 Å². The number of rotatable bonds is 5. The van der Waals surface area contributed by atoms with Crippen LogP contribution in [0.5, 0.6) is 0 Å². The van der Waals surface area contributed by atoms with Crippen molar-refractivity contribution < 1.29 is 9.59 Å². The molecule has 0 unspecified atom stereocenters. The Bertz CT molecular complexity index is 462. The number of isocyanates is 1. The average Bonchev–Trinajstić information content (AvgIpc) is 2.29. The fourth-order valence-electron chi connectivity index (χ4n) is 1.24. The van der Waals surface area contributed by atoms with Crippen molar-refractivity contribution in [1.29, 1.82) is 0 Å². The van der Waals surface area contributed by atoms with Gasteiger partial charge in [0, 0.05) is 12.7 Å². The van der Waals surface area contributed by atoms with E-state index in [1.54, 1.807) is 19.1 Å². The van der Waals surface area contributed by atoms with Crippen molar-refractivity contribution in [1.82, 2.24) is 0 Å². The minimum atomic E-state index is 0.140. The highest BCUT2D eigenvalue weighted by Gasteiger charge is 1.92. The lowest BCUT2D eigenvalue weighted by molar-refractivity contribution is -0.109. The molecule has 1 rings (SSSR count). The molecule has 0 bridgehead atoms. The molecule has 0 heterocycles. The molecule has 1 aromatic carbocycles. The molecule has 0 atom stereocenters. The highest BCUT2D eigenvalue weighted by molar-refractivity contribution is 8.13. The summed E-state index contributed by atoms with van der Waals surface area (Å²) < 4.78 is 0. The van der Waals surface area contributed by atoms with Crippen LogP contribution >= 0.6 is 11.8 Å². The van der Waals surface area contributed by atoms with E-state index in [1.165, 1.54) is 17.8 Å². The van der Waals surface area contributed by atoms with Crippen LogP contribution in [0.25, 0.3) is 6.08 Å². The van der Waals surface area contributed by atoms with E-state index in [0.717, 1.165) is 17.7 Å². The Morgan fingerprint density at radius 3 is 3.06 bits per heavy atom. The summed E-state index contributed by atoms with van der Waals surface area (Å²) in [5.41, 5.74) is 1.58. The molecule has 0 N–H and O–H groups in total. The highest BCUT2D eigenvalue weighted by atomic mass is 32.2. The summed E-state index contributed by atoms with van der Waals surface area (Å²) in [5.74, 6) is 0.790. The Morgan fingerprint density at radius 1 is 1.53 bits per heavy atom.